The van der Waals surface area contributed by atoms with Crippen molar-refractivity contribution in [2.24, 2.45) is 0 Å². The van der Waals surface area contributed by atoms with Gasteiger partial charge in [0.2, 0.25) is 5.95 Å². The Morgan fingerprint density at radius 1 is 1.11 bits per heavy atom. The summed E-state index contributed by atoms with van der Waals surface area (Å²) < 4.78 is 14.1. The van der Waals surface area contributed by atoms with Gasteiger partial charge in [0.1, 0.15) is 11.5 Å². The first-order valence-corrected chi connectivity index (χ1v) is 14.8. The summed E-state index contributed by atoms with van der Waals surface area (Å²) in [4.78, 5) is 18.8. The second-order valence-corrected chi connectivity index (χ2v) is 10.7. The van der Waals surface area contributed by atoms with Gasteiger partial charge in [-0.25, -0.2) is 9.97 Å². The summed E-state index contributed by atoms with van der Waals surface area (Å²) in [6, 6.07) is 10.7. The molecular formula is C28H35AlN7O2+. The van der Waals surface area contributed by atoms with Gasteiger partial charge in [0.05, 0.1) is 14.2 Å². The average molecular weight is 529 g/mol. The number of ether oxygens (including phenoxy) is 2. The number of hydrogen-bond donors (Lipinski definition) is 2. The van der Waals surface area contributed by atoms with Crippen LogP contribution in [0.4, 0.5) is 17.5 Å². The number of rotatable bonds is 9. The Labute approximate surface area is 231 Å². The number of aromatic nitrogens is 3. The van der Waals surface area contributed by atoms with E-state index in [1.165, 1.54) is 5.56 Å². The Morgan fingerprint density at radius 2 is 1.89 bits per heavy atom. The zero-order chi connectivity index (χ0) is 26.6. The van der Waals surface area contributed by atoms with Gasteiger partial charge in [0, 0.05) is 30.1 Å². The molecule has 10 heteroatoms. The Morgan fingerprint density at radius 3 is 2.61 bits per heavy atom. The molecule has 0 saturated carbocycles. The van der Waals surface area contributed by atoms with Crippen molar-refractivity contribution < 1.29 is 9.47 Å². The zero-order valence-corrected chi connectivity index (χ0v) is 23.7. The van der Waals surface area contributed by atoms with Crippen LogP contribution in [0, 0.1) is 0 Å². The van der Waals surface area contributed by atoms with Crippen molar-refractivity contribution in [1.29, 1.82) is 0 Å². The molecule has 4 heterocycles. The normalized spacial score (nSPS) is 18.9. The van der Waals surface area contributed by atoms with Gasteiger partial charge in [0.25, 0.3) is 0 Å². The van der Waals surface area contributed by atoms with E-state index in [0.29, 0.717) is 29.5 Å². The van der Waals surface area contributed by atoms with Gasteiger partial charge in [-0.3, -0.25) is 0 Å². The number of anilines is 3. The number of piperidine rings is 1. The first-order valence-electron chi connectivity index (χ1n) is 13.0. The first-order chi connectivity index (χ1) is 18.5. The molecule has 5 rings (SSSR count). The molecule has 3 aromatic rings. The SMILES string of the molecule is C=C(c1ccnc([NH][Al+][CH3])c1)N1CCC(N2Cc3cnc(Nc4cc(OC)cc(OC)c4)nc3C2)C[C@H]1C. The van der Waals surface area contributed by atoms with E-state index in [-0.39, 0.29) is 15.4 Å². The predicted molar refractivity (Wildman–Crippen MR) is 152 cm³/mol. The molecule has 2 aromatic heterocycles. The summed E-state index contributed by atoms with van der Waals surface area (Å²) in [6.45, 7) is 9.46. The van der Waals surface area contributed by atoms with E-state index >= 15 is 0 Å². The number of likely N-dealkylation sites (tertiary alicyclic amines) is 1. The third kappa shape index (κ3) is 5.73. The summed E-state index contributed by atoms with van der Waals surface area (Å²) in [5.41, 5.74) is 5.33. The molecular weight excluding hydrogens is 493 g/mol. The summed E-state index contributed by atoms with van der Waals surface area (Å²) in [5.74, 6) is 5.10. The molecule has 196 valence electrons. The summed E-state index contributed by atoms with van der Waals surface area (Å²) in [7, 11) is 3.28. The van der Waals surface area contributed by atoms with Crippen molar-refractivity contribution in [3.05, 3.63) is 66.1 Å². The van der Waals surface area contributed by atoms with Crippen molar-refractivity contribution in [3.63, 3.8) is 0 Å². The van der Waals surface area contributed by atoms with Gasteiger partial charge in [0.15, 0.2) is 0 Å². The minimum atomic E-state index is 0.156. The second-order valence-electron chi connectivity index (χ2n) is 9.83. The summed E-state index contributed by atoms with van der Waals surface area (Å²) in [5, 5.41) is 3.31. The molecule has 1 fully saturated rings. The van der Waals surface area contributed by atoms with E-state index in [1.54, 1.807) is 14.2 Å². The van der Waals surface area contributed by atoms with Crippen molar-refractivity contribution in [1.82, 2.24) is 24.8 Å². The number of hydrogen-bond acceptors (Lipinski definition) is 9. The number of fused-ring (bicyclic) bond motifs is 1. The Balaban J connectivity index is 1.21. The Kier molecular flexibility index (Phi) is 8.03. The maximum atomic E-state index is 5.38. The van der Waals surface area contributed by atoms with Gasteiger partial charge in [-0.1, -0.05) is 0 Å². The number of benzene rings is 1. The Bertz CT molecular complexity index is 1280. The number of pyridine rings is 1. The van der Waals surface area contributed by atoms with Gasteiger partial charge >= 0.3 is 145 Å². The summed E-state index contributed by atoms with van der Waals surface area (Å²) >= 11 is 0.156. The van der Waals surface area contributed by atoms with Gasteiger partial charge in [-0.05, 0) is 0 Å². The van der Waals surface area contributed by atoms with E-state index < -0.39 is 0 Å². The van der Waals surface area contributed by atoms with Crippen LogP contribution in [0.1, 0.15) is 36.6 Å². The molecule has 0 spiro atoms. The van der Waals surface area contributed by atoms with Crippen LogP contribution in [-0.4, -0.2) is 73.0 Å². The standard InChI is InChI=1S/C27H32N7O2.CH3.Al/c1-17-9-22(6-8-34(17)18(2)19-5-7-29-26(28)10-19)33-15-20-14-30-27(32-25(20)16-33)31-21-11-23(35-3)13-24(12-21)36-4;;/h5,7,10-14,17,22H,2,6,8-9,15-16H2,1,3-4H3,(H2-,28,29,30,31,32);1H3;/q-1;;+2/t17-,22?;;/m1../s1. The van der Waals surface area contributed by atoms with Crippen molar-refractivity contribution in [2.75, 3.05) is 30.4 Å². The first kappa shape index (κ1) is 26.3. The fraction of sp³-hybridized carbons (Fsp3) is 0.393. The topological polar surface area (TPSA) is 87.7 Å². The van der Waals surface area contributed by atoms with E-state index in [9.17, 15) is 0 Å². The fourth-order valence-electron chi connectivity index (χ4n) is 5.39. The molecule has 1 unspecified atom stereocenters. The molecule has 0 amide bonds. The molecule has 2 N–H and O–H groups in total. The molecule has 2 aliphatic rings. The average Bonchev–Trinajstić information content (AvgIpc) is 3.36. The van der Waals surface area contributed by atoms with Gasteiger partial charge in [-0.15, -0.1) is 0 Å². The van der Waals surface area contributed by atoms with E-state index in [0.717, 1.165) is 60.9 Å². The molecule has 9 nitrogen and oxygen atoms in total. The summed E-state index contributed by atoms with van der Waals surface area (Å²) in [6.07, 6.45) is 6.00. The number of nitrogens with one attached hydrogen (secondary N) is 2. The second kappa shape index (κ2) is 11.6. The third-order valence-corrected chi connectivity index (χ3v) is 7.97. The zero-order valence-electron chi connectivity index (χ0n) is 22.6. The van der Waals surface area contributed by atoms with Crippen LogP contribution in [-0.2, 0) is 13.1 Å². The minimum absolute atomic E-state index is 0.156. The van der Waals surface area contributed by atoms with Crippen LogP contribution in [0.2, 0.25) is 5.79 Å². The van der Waals surface area contributed by atoms with E-state index in [4.69, 9.17) is 14.5 Å². The molecule has 0 aliphatic carbocycles. The molecule has 1 saturated heterocycles. The molecule has 1 aromatic carbocycles. The monoisotopic (exact) mass is 528 g/mol. The van der Waals surface area contributed by atoms with E-state index in [2.05, 4.69) is 60.8 Å². The maximum absolute atomic E-state index is 5.38. The molecule has 2 atom stereocenters. The van der Waals surface area contributed by atoms with E-state index in [1.807, 2.05) is 30.6 Å². The van der Waals surface area contributed by atoms with Gasteiger partial charge < -0.3 is 14.8 Å². The van der Waals surface area contributed by atoms with Crippen LogP contribution in [0.15, 0.2) is 49.3 Å². The van der Waals surface area contributed by atoms with Crippen molar-refractivity contribution in [2.45, 2.75) is 50.7 Å². The fourth-order valence-corrected chi connectivity index (χ4v) is 5.84. The third-order valence-electron chi connectivity index (χ3n) is 7.39. The van der Waals surface area contributed by atoms with Crippen LogP contribution in [0.5, 0.6) is 11.5 Å². The number of methoxy groups -OCH3 is 2. The van der Waals surface area contributed by atoms with Gasteiger partial charge in [-0.2, -0.15) is 0 Å². The molecule has 0 bridgehead atoms. The quantitative estimate of drug-likeness (QED) is 0.388. The van der Waals surface area contributed by atoms with Crippen LogP contribution >= 0.6 is 0 Å². The van der Waals surface area contributed by atoms with Crippen LogP contribution in [0.25, 0.3) is 5.70 Å². The predicted octanol–water partition coefficient (Wildman–Crippen LogP) is 4.55. The molecule has 2 aliphatic heterocycles. The van der Waals surface area contributed by atoms with Crippen LogP contribution < -0.4 is 19.1 Å². The number of nitrogens with zero attached hydrogens (tertiary/aromatic N) is 5. The van der Waals surface area contributed by atoms with Crippen molar-refractivity contribution >= 4 is 38.6 Å². The van der Waals surface area contributed by atoms with Crippen molar-refractivity contribution in [3.8, 4) is 11.5 Å². The van der Waals surface area contributed by atoms with Crippen LogP contribution in [0.3, 0.4) is 0 Å². The molecule has 38 heavy (non-hydrogen) atoms. The Hall–Kier alpha value is -3.32. The molecule has 0 radical (unpaired) electrons.